The fraction of sp³-hybridized carbons (Fsp3) is 0. The van der Waals surface area contributed by atoms with E-state index in [1.807, 2.05) is 36.4 Å². The normalized spacial score (nSPS) is 11.6. The number of furan rings is 1. The molecule has 234 valence electrons. The molecule has 7 aromatic carbocycles. The molecule has 0 unspecified atom stereocenters. The number of rotatable bonds is 5. The molecule has 0 atom stereocenters. The second-order valence-corrected chi connectivity index (χ2v) is 12.6. The van der Waals surface area contributed by atoms with Gasteiger partial charge in [0.05, 0.1) is 28.0 Å². The summed E-state index contributed by atoms with van der Waals surface area (Å²) in [5, 5.41) is 4.53. The lowest BCUT2D eigenvalue weighted by Crippen LogP contribution is -1.96. The molecular weight excluding hydrogens is 611 g/mol. The van der Waals surface area contributed by atoms with Crippen LogP contribution in [0.5, 0.6) is 0 Å². The molecule has 0 spiro atoms. The molecular formula is C46H29N3O. The van der Waals surface area contributed by atoms with Crippen LogP contribution in [0.15, 0.2) is 180 Å². The molecule has 0 saturated heterocycles. The van der Waals surface area contributed by atoms with Crippen molar-refractivity contribution in [2.75, 3.05) is 0 Å². The van der Waals surface area contributed by atoms with Crippen molar-refractivity contribution in [3.8, 4) is 50.7 Å². The molecule has 0 fully saturated rings. The van der Waals surface area contributed by atoms with E-state index in [-0.39, 0.29) is 0 Å². The topological polar surface area (TPSA) is 43.9 Å². The highest BCUT2D eigenvalue weighted by atomic mass is 16.3. The summed E-state index contributed by atoms with van der Waals surface area (Å²) in [4.78, 5) is 10.2. The Morgan fingerprint density at radius 2 is 1.02 bits per heavy atom. The largest absolute Gasteiger partial charge is 0.455 e. The number of benzene rings is 7. The van der Waals surface area contributed by atoms with Crippen LogP contribution in [0.1, 0.15) is 0 Å². The number of hydrogen-bond acceptors (Lipinski definition) is 3. The Morgan fingerprint density at radius 3 is 1.74 bits per heavy atom. The molecule has 50 heavy (non-hydrogen) atoms. The lowest BCUT2D eigenvalue weighted by molar-refractivity contribution is 0.669. The summed E-state index contributed by atoms with van der Waals surface area (Å²) in [6.45, 7) is 0. The lowest BCUT2D eigenvalue weighted by Gasteiger charge is -2.09. The maximum Gasteiger partial charge on any atom is 0.164 e. The van der Waals surface area contributed by atoms with E-state index in [2.05, 4.69) is 144 Å². The van der Waals surface area contributed by atoms with Gasteiger partial charge in [-0.15, -0.1) is 0 Å². The van der Waals surface area contributed by atoms with Crippen molar-refractivity contribution in [1.82, 2.24) is 14.5 Å². The van der Waals surface area contributed by atoms with E-state index < -0.39 is 0 Å². The molecule has 0 bridgehead atoms. The first-order chi connectivity index (χ1) is 24.8. The van der Waals surface area contributed by atoms with E-state index >= 15 is 0 Å². The van der Waals surface area contributed by atoms with Gasteiger partial charge >= 0.3 is 0 Å². The maximum absolute atomic E-state index is 6.65. The van der Waals surface area contributed by atoms with Gasteiger partial charge < -0.3 is 8.98 Å². The third kappa shape index (κ3) is 4.61. The van der Waals surface area contributed by atoms with Gasteiger partial charge in [0.2, 0.25) is 0 Å². The number of hydrogen-bond donors (Lipinski definition) is 0. The zero-order valence-electron chi connectivity index (χ0n) is 27.0. The van der Waals surface area contributed by atoms with Gasteiger partial charge in [-0.05, 0) is 59.7 Å². The molecule has 0 aliphatic rings. The predicted molar refractivity (Wildman–Crippen MR) is 205 cm³/mol. The van der Waals surface area contributed by atoms with E-state index in [1.165, 1.54) is 32.9 Å². The molecule has 0 radical (unpaired) electrons. The van der Waals surface area contributed by atoms with Crippen LogP contribution < -0.4 is 0 Å². The molecule has 10 aromatic rings. The van der Waals surface area contributed by atoms with E-state index in [4.69, 9.17) is 14.4 Å². The Labute approximate surface area is 288 Å². The van der Waals surface area contributed by atoms with E-state index in [1.54, 1.807) is 0 Å². The summed E-state index contributed by atoms with van der Waals surface area (Å²) < 4.78 is 9.01. The zero-order chi connectivity index (χ0) is 33.0. The summed E-state index contributed by atoms with van der Waals surface area (Å²) >= 11 is 0. The molecule has 0 aliphatic carbocycles. The predicted octanol–water partition coefficient (Wildman–Crippen LogP) is 12.1. The maximum atomic E-state index is 6.65. The van der Waals surface area contributed by atoms with Crippen LogP contribution in [0.25, 0.3) is 94.5 Å². The van der Waals surface area contributed by atoms with Crippen LogP contribution in [0, 0.1) is 0 Å². The minimum atomic E-state index is 0.631. The van der Waals surface area contributed by atoms with Crippen molar-refractivity contribution < 1.29 is 4.42 Å². The minimum Gasteiger partial charge on any atom is -0.455 e. The van der Waals surface area contributed by atoms with Gasteiger partial charge in [-0.25, -0.2) is 9.97 Å². The Kier molecular flexibility index (Phi) is 6.46. The molecule has 3 heterocycles. The van der Waals surface area contributed by atoms with Crippen LogP contribution in [-0.4, -0.2) is 14.5 Å². The average molecular weight is 640 g/mol. The van der Waals surface area contributed by atoms with Crippen LogP contribution in [-0.2, 0) is 0 Å². The smallest absolute Gasteiger partial charge is 0.164 e. The third-order valence-electron chi connectivity index (χ3n) is 9.62. The summed E-state index contributed by atoms with van der Waals surface area (Å²) in [6, 6.07) is 61.4. The first-order valence-electron chi connectivity index (χ1n) is 16.8. The Bertz CT molecular complexity index is 2800. The number of para-hydroxylation sites is 2. The van der Waals surface area contributed by atoms with Crippen molar-refractivity contribution >= 4 is 43.7 Å². The van der Waals surface area contributed by atoms with E-state index in [9.17, 15) is 0 Å². The molecule has 0 N–H and O–H groups in total. The van der Waals surface area contributed by atoms with Gasteiger partial charge in [0.25, 0.3) is 0 Å². The molecule has 4 heteroatoms. The van der Waals surface area contributed by atoms with Gasteiger partial charge in [0.15, 0.2) is 5.82 Å². The first-order valence-corrected chi connectivity index (χ1v) is 16.8. The van der Waals surface area contributed by atoms with Crippen LogP contribution >= 0.6 is 0 Å². The van der Waals surface area contributed by atoms with Crippen molar-refractivity contribution in [1.29, 1.82) is 0 Å². The van der Waals surface area contributed by atoms with Crippen LogP contribution in [0.3, 0.4) is 0 Å². The summed E-state index contributed by atoms with van der Waals surface area (Å²) in [5.41, 5.74) is 12.1. The summed E-state index contributed by atoms with van der Waals surface area (Å²) in [7, 11) is 0. The highest BCUT2D eigenvalue weighted by molar-refractivity contribution is 6.12. The molecule has 4 nitrogen and oxygen atoms in total. The number of fused-ring (bicyclic) bond motifs is 6. The average Bonchev–Trinajstić information content (AvgIpc) is 3.74. The fourth-order valence-corrected chi connectivity index (χ4v) is 7.24. The summed E-state index contributed by atoms with van der Waals surface area (Å²) in [6.07, 6.45) is 0. The molecule has 10 rings (SSSR count). The van der Waals surface area contributed by atoms with Crippen molar-refractivity contribution in [3.05, 3.63) is 176 Å². The SMILES string of the molecule is c1ccc(-c2ccc3c(c2)c2ccccc2n3-c2ccc3oc4c(-c5nc(-c6ccccc6)cc(-c6ccccc6)n5)cccc4c3c2)cc1. The van der Waals surface area contributed by atoms with Gasteiger partial charge in [-0.3, -0.25) is 0 Å². The molecule has 0 aliphatic heterocycles. The monoisotopic (exact) mass is 639 g/mol. The molecule has 3 aromatic heterocycles. The molecule has 0 saturated carbocycles. The van der Waals surface area contributed by atoms with Gasteiger partial charge in [0.1, 0.15) is 11.2 Å². The van der Waals surface area contributed by atoms with Gasteiger partial charge in [-0.2, -0.15) is 0 Å². The quantitative estimate of drug-likeness (QED) is 0.188. The Balaban J connectivity index is 1.15. The van der Waals surface area contributed by atoms with Crippen LogP contribution in [0.4, 0.5) is 0 Å². The number of nitrogens with zero attached hydrogens (tertiary/aromatic N) is 3. The molecule has 0 amide bonds. The Hall–Kier alpha value is -6.78. The first kappa shape index (κ1) is 28.3. The van der Waals surface area contributed by atoms with Crippen molar-refractivity contribution in [2.24, 2.45) is 0 Å². The van der Waals surface area contributed by atoms with E-state index in [0.717, 1.165) is 55.7 Å². The fourth-order valence-electron chi connectivity index (χ4n) is 7.24. The van der Waals surface area contributed by atoms with E-state index in [0.29, 0.717) is 5.82 Å². The third-order valence-corrected chi connectivity index (χ3v) is 9.62. The number of aromatic nitrogens is 3. The highest BCUT2D eigenvalue weighted by Crippen LogP contribution is 2.39. The summed E-state index contributed by atoms with van der Waals surface area (Å²) in [5.74, 6) is 0.631. The minimum absolute atomic E-state index is 0.631. The Morgan fingerprint density at radius 1 is 0.400 bits per heavy atom. The standard InChI is InChI=1S/C46H29N3O/c1-4-13-30(14-5-1)33-23-25-43-38(27-33)35-19-10-11-22-42(35)49(43)34-24-26-44-39(28-34)36-20-12-21-37(45(36)50-44)46-47-40(31-15-6-2-7-16-31)29-41(48-46)32-17-8-3-9-18-32/h1-29H. The van der Waals surface area contributed by atoms with Crippen LogP contribution in [0.2, 0.25) is 0 Å². The second-order valence-electron chi connectivity index (χ2n) is 12.6. The van der Waals surface area contributed by atoms with Gasteiger partial charge in [0, 0.05) is 38.4 Å². The van der Waals surface area contributed by atoms with Gasteiger partial charge in [-0.1, -0.05) is 127 Å². The second kappa shape index (κ2) is 11.4. The van der Waals surface area contributed by atoms with Crippen molar-refractivity contribution in [2.45, 2.75) is 0 Å². The van der Waals surface area contributed by atoms with Crippen molar-refractivity contribution in [3.63, 3.8) is 0 Å². The lowest BCUT2D eigenvalue weighted by atomic mass is 10.0. The highest BCUT2D eigenvalue weighted by Gasteiger charge is 2.19. The zero-order valence-corrected chi connectivity index (χ0v) is 27.0.